The molecule has 1 aromatic heterocycles. The summed E-state index contributed by atoms with van der Waals surface area (Å²) in [6.07, 6.45) is 5.55. The number of pyridine rings is 1. The van der Waals surface area contributed by atoms with Crippen molar-refractivity contribution >= 4 is 11.8 Å². The zero-order chi connectivity index (χ0) is 20.1. The SMILES string of the molecule is CC(=O)NC1CCN(CC2(O)CCCN(C(=O)c3ccc(C)nc3)CC2)CC1. The van der Waals surface area contributed by atoms with E-state index in [9.17, 15) is 14.7 Å². The van der Waals surface area contributed by atoms with Crippen LogP contribution in [0.2, 0.25) is 0 Å². The fraction of sp³-hybridized carbons (Fsp3) is 0.667. The molecule has 2 amide bonds. The zero-order valence-electron chi connectivity index (χ0n) is 17.0. The molecule has 3 rings (SSSR count). The molecule has 2 fully saturated rings. The molecule has 3 heterocycles. The van der Waals surface area contributed by atoms with Crippen LogP contribution in [-0.2, 0) is 4.79 Å². The highest BCUT2D eigenvalue weighted by atomic mass is 16.3. The molecule has 2 aliphatic rings. The molecule has 154 valence electrons. The lowest BCUT2D eigenvalue weighted by Gasteiger charge is -2.38. The first-order chi connectivity index (χ1) is 13.3. The van der Waals surface area contributed by atoms with E-state index in [1.54, 1.807) is 13.1 Å². The Morgan fingerprint density at radius 2 is 1.96 bits per heavy atom. The first-order valence-corrected chi connectivity index (χ1v) is 10.3. The van der Waals surface area contributed by atoms with E-state index in [0.29, 0.717) is 38.0 Å². The van der Waals surface area contributed by atoms with Crippen LogP contribution in [0.25, 0.3) is 0 Å². The summed E-state index contributed by atoms with van der Waals surface area (Å²) in [5.41, 5.74) is 0.738. The zero-order valence-corrected chi connectivity index (χ0v) is 17.0. The minimum Gasteiger partial charge on any atom is -0.388 e. The number of carbonyl (C=O) groups is 2. The number of likely N-dealkylation sites (tertiary alicyclic amines) is 2. The minimum atomic E-state index is -0.763. The van der Waals surface area contributed by atoms with Gasteiger partial charge in [-0.25, -0.2) is 0 Å². The highest BCUT2D eigenvalue weighted by molar-refractivity contribution is 5.93. The quantitative estimate of drug-likeness (QED) is 0.813. The van der Waals surface area contributed by atoms with Gasteiger partial charge >= 0.3 is 0 Å². The van der Waals surface area contributed by atoms with E-state index in [0.717, 1.165) is 38.0 Å². The van der Waals surface area contributed by atoms with Crippen molar-refractivity contribution in [1.82, 2.24) is 20.1 Å². The molecule has 0 bridgehead atoms. The number of hydrogen-bond acceptors (Lipinski definition) is 5. The second-order valence-corrected chi connectivity index (χ2v) is 8.31. The number of nitrogens with zero attached hydrogens (tertiary/aromatic N) is 3. The lowest BCUT2D eigenvalue weighted by molar-refractivity contribution is -0.120. The molecular formula is C21H32N4O3. The van der Waals surface area contributed by atoms with Crippen LogP contribution in [0.4, 0.5) is 0 Å². The normalized spacial score (nSPS) is 24.6. The van der Waals surface area contributed by atoms with E-state index >= 15 is 0 Å². The third-order valence-corrected chi connectivity index (χ3v) is 5.88. The van der Waals surface area contributed by atoms with Gasteiger partial charge in [0, 0.05) is 57.6 Å². The van der Waals surface area contributed by atoms with Gasteiger partial charge in [0.05, 0.1) is 11.2 Å². The van der Waals surface area contributed by atoms with Gasteiger partial charge in [-0.05, 0) is 51.2 Å². The smallest absolute Gasteiger partial charge is 0.255 e. The maximum atomic E-state index is 12.7. The molecule has 2 N–H and O–H groups in total. The first kappa shape index (κ1) is 20.7. The van der Waals surface area contributed by atoms with Gasteiger partial charge in [0.25, 0.3) is 5.91 Å². The molecular weight excluding hydrogens is 356 g/mol. The summed E-state index contributed by atoms with van der Waals surface area (Å²) >= 11 is 0. The summed E-state index contributed by atoms with van der Waals surface area (Å²) < 4.78 is 0. The number of rotatable bonds is 4. The van der Waals surface area contributed by atoms with Gasteiger partial charge < -0.3 is 20.2 Å². The van der Waals surface area contributed by atoms with Gasteiger partial charge in [0.2, 0.25) is 5.91 Å². The third-order valence-electron chi connectivity index (χ3n) is 5.88. The Labute approximate surface area is 167 Å². The van der Waals surface area contributed by atoms with E-state index in [2.05, 4.69) is 15.2 Å². The maximum absolute atomic E-state index is 12.7. The van der Waals surface area contributed by atoms with Crippen LogP contribution in [0.5, 0.6) is 0 Å². The average molecular weight is 389 g/mol. The topological polar surface area (TPSA) is 85.8 Å². The number of carbonyl (C=O) groups excluding carboxylic acids is 2. The summed E-state index contributed by atoms with van der Waals surface area (Å²) in [5, 5.41) is 14.1. The molecule has 1 unspecified atom stereocenters. The molecule has 0 saturated carbocycles. The summed E-state index contributed by atoms with van der Waals surface area (Å²) in [6.45, 7) is 7.08. The Morgan fingerprint density at radius 3 is 2.61 bits per heavy atom. The predicted molar refractivity (Wildman–Crippen MR) is 107 cm³/mol. The van der Waals surface area contributed by atoms with Crippen molar-refractivity contribution in [2.24, 2.45) is 0 Å². The average Bonchev–Trinajstić information content (AvgIpc) is 2.85. The van der Waals surface area contributed by atoms with Crippen LogP contribution in [0, 0.1) is 6.92 Å². The highest BCUT2D eigenvalue weighted by Crippen LogP contribution is 2.26. The lowest BCUT2D eigenvalue weighted by atomic mass is 9.93. The van der Waals surface area contributed by atoms with Crippen molar-refractivity contribution in [1.29, 1.82) is 0 Å². The van der Waals surface area contributed by atoms with Crippen LogP contribution in [0.3, 0.4) is 0 Å². The van der Waals surface area contributed by atoms with Crippen LogP contribution in [-0.4, -0.2) is 76.1 Å². The minimum absolute atomic E-state index is 0.00660. The third kappa shape index (κ3) is 5.52. The number of aryl methyl sites for hydroxylation is 1. The summed E-state index contributed by atoms with van der Waals surface area (Å²) in [4.78, 5) is 32.3. The van der Waals surface area contributed by atoms with Gasteiger partial charge in [-0.2, -0.15) is 0 Å². The molecule has 1 atom stereocenters. The molecule has 1 aromatic rings. The van der Waals surface area contributed by atoms with Gasteiger partial charge in [0.1, 0.15) is 0 Å². The Morgan fingerprint density at radius 1 is 1.21 bits per heavy atom. The van der Waals surface area contributed by atoms with E-state index in [4.69, 9.17) is 0 Å². The highest BCUT2D eigenvalue weighted by Gasteiger charge is 2.34. The molecule has 28 heavy (non-hydrogen) atoms. The number of aromatic nitrogens is 1. The molecule has 7 nitrogen and oxygen atoms in total. The second-order valence-electron chi connectivity index (χ2n) is 8.31. The Hall–Kier alpha value is -1.99. The molecule has 2 aliphatic heterocycles. The van der Waals surface area contributed by atoms with E-state index < -0.39 is 5.60 Å². The van der Waals surface area contributed by atoms with Crippen molar-refractivity contribution in [3.8, 4) is 0 Å². The predicted octanol–water partition coefficient (Wildman–Crippen LogP) is 1.35. The van der Waals surface area contributed by atoms with Gasteiger partial charge in [-0.15, -0.1) is 0 Å². The van der Waals surface area contributed by atoms with Crippen molar-refractivity contribution < 1.29 is 14.7 Å². The number of nitrogens with one attached hydrogen (secondary N) is 1. The number of amides is 2. The fourth-order valence-corrected chi connectivity index (χ4v) is 4.26. The number of aliphatic hydroxyl groups is 1. The Bertz CT molecular complexity index is 685. The summed E-state index contributed by atoms with van der Waals surface area (Å²) in [5.74, 6) is 0.0160. The van der Waals surface area contributed by atoms with Crippen molar-refractivity contribution in [2.75, 3.05) is 32.7 Å². The molecule has 0 spiro atoms. The lowest BCUT2D eigenvalue weighted by Crippen LogP contribution is -2.50. The van der Waals surface area contributed by atoms with Crippen molar-refractivity contribution in [3.63, 3.8) is 0 Å². The summed E-state index contributed by atoms with van der Waals surface area (Å²) in [7, 11) is 0. The van der Waals surface area contributed by atoms with Crippen LogP contribution >= 0.6 is 0 Å². The Kier molecular flexibility index (Phi) is 6.67. The fourth-order valence-electron chi connectivity index (χ4n) is 4.26. The Balaban J connectivity index is 1.52. The van der Waals surface area contributed by atoms with Gasteiger partial charge in [0.15, 0.2) is 0 Å². The van der Waals surface area contributed by atoms with Crippen LogP contribution in [0.15, 0.2) is 18.3 Å². The van der Waals surface area contributed by atoms with Gasteiger partial charge in [-0.1, -0.05) is 0 Å². The number of β-amino-alcohol motifs (C(OH)–C–C–N with tert-alkyl or cyclic N) is 1. The van der Waals surface area contributed by atoms with E-state index in [1.165, 1.54) is 0 Å². The molecule has 0 aromatic carbocycles. The maximum Gasteiger partial charge on any atom is 0.255 e. The standard InChI is InChI=1S/C21H32N4O3/c1-16-4-5-18(14-22-16)20(27)25-10-3-8-21(28,9-13-25)15-24-11-6-19(7-12-24)23-17(2)26/h4-5,14,19,28H,3,6-13,15H2,1-2H3,(H,23,26). The van der Waals surface area contributed by atoms with E-state index in [-0.39, 0.29) is 17.9 Å². The van der Waals surface area contributed by atoms with Crippen molar-refractivity contribution in [2.45, 2.75) is 57.6 Å². The molecule has 2 saturated heterocycles. The largest absolute Gasteiger partial charge is 0.388 e. The first-order valence-electron chi connectivity index (χ1n) is 10.3. The van der Waals surface area contributed by atoms with Gasteiger partial charge in [-0.3, -0.25) is 14.6 Å². The number of piperidine rings is 1. The molecule has 0 aliphatic carbocycles. The molecule has 0 radical (unpaired) electrons. The van der Waals surface area contributed by atoms with Crippen molar-refractivity contribution in [3.05, 3.63) is 29.6 Å². The van der Waals surface area contributed by atoms with Crippen LogP contribution in [0.1, 0.15) is 55.1 Å². The molecule has 7 heteroatoms. The van der Waals surface area contributed by atoms with E-state index in [1.807, 2.05) is 24.0 Å². The number of hydrogen-bond donors (Lipinski definition) is 2. The monoisotopic (exact) mass is 388 g/mol. The summed E-state index contributed by atoms with van der Waals surface area (Å²) in [6, 6.07) is 3.92. The second kappa shape index (κ2) is 9.01. The van der Waals surface area contributed by atoms with Crippen LogP contribution < -0.4 is 5.32 Å².